The van der Waals surface area contributed by atoms with Crippen molar-refractivity contribution in [3.8, 4) is 10.8 Å². The van der Waals surface area contributed by atoms with Crippen LogP contribution >= 0.6 is 11.3 Å². The number of hydrogen-bond acceptors (Lipinski definition) is 9. The van der Waals surface area contributed by atoms with Gasteiger partial charge in [0.1, 0.15) is 11.5 Å². The van der Waals surface area contributed by atoms with Gasteiger partial charge in [0.2, 0.25) is 5.89 Å². The number of ether oxygens (including phenoxy) is 1. The maximum absolute atomic E-state index is 12.6. The van der Waals surface area contributed by atoms with Gasteiger partial charge in [-0.3, -0.25) is 14.3 Å². The Kier molecular flexibility index (Phi) is 6.83. The van der Waals surface area contributed by atoms with Crippen molar-refractivity contribution in [1.29, 1.82) is 0 Å². The average molecular weight is 420 g/mol. The van der Waals surface area contributed by atoms with E-state index in [1.54, 1.807) is 12.0 Å². The molecule has 0 aromatic carbocycles. The zero-order chi connectivity index (χ0) is 20.8. The molecule has 0 aliphatic carbocycles. The summed E-state index contributed by atoms with van der Waals surface area (Å²) in [5, 5.41) is 10.1. The molecule has 0 bridgehead atoms. The normalized spacial score (nSPS) is 11.1. The number of rotatable bonds is 10. The largest absolute Gasteiger partial charge is 0.418 e. The predicted octanol–water partition coefficient (Wildman–Crippen LogP) is 1.68. The van der Waals surface area contributed by atoms with Gasteiger partial charge in [-0.05, 0) is 17.9 Å². The molecule has 0 saturated carbocycles. The third-order valence-corrected chi connectivity index (χ3v) is 5.21. The molecule has 3 aromatic rings. The number of hydrogen-bond donors (Lipinski definition) is 2. The molecule has 0 unspecified atom stereocenters. The highest BCUT2D eigenvalue weighted by atomic mass is 32.1. The highest BCUT2D eigenvalue weighted by Gasteiger charge is 2.21. The van der Waals surface area contributed by atoms with Crippen molar-refractivity contribution in [2.45, 2.75) is 32.9 Å². The van der Waals surface area contributed by atoms with Crippen molar-refractivity contribution in [3.63, 3.8) is 0 Å². The molecular formula is C18H24N6O4S. The van der Waals surface area contributed by atoms with Crippen LogP contribution in [0.2, 0.25) is 0 Å². The van der Waals surface area contributed by atoms with Gasteiger partial charge in [0.25, 0.3) is 11.4 Å². The summed E-state index contributed by atoms with van der Waals surface area (Å²) in [4.78, 5) is 29.7. The first-order chi connectivity index (χ1) is 14.0. The molecule has 0 aliphatic heterocycles. The van der Waals surface area contributed by atoms with E-state index in [1.807, 2.05) is 24.4 Å². The first-order valence-electron chi connectivity index (χ1n) is 9.27. The molecule has 10 nitrogen and oxygen atoms in total. The van der Waals surface area contributed by atoms with E-state index < -0.39 is 11.2 Å². The van der Waals surface area contributed by atoms with Crippen LogP contribution in [0.15, 0.2) is 31.5 Å². The van der Waals surface area contributed by atoms with E-state index in [9.17, 15) is 9.59 Å². The predicted molar refractivity (Wildman–Crippen MR) is 111 cm³/mol. The summed E-state index contributed by atoms with van der Waals surface area (Å²) in [7, 11) is 1.57. The van der Waals surface area contributed by atoms with Crippen molar-refractivity contribution >= 4 is 22.8 Å². The van der Waals surface area contributed by atoms with Gasteiger partial charge < -0.3 is 19.8 Å². The minimum absolute atomic E-state index is 0.112. The number of nitrogens with one attached hydrogen (secondary N) is 1. The maximum Gasteiger partial charge on any atom is 0.330 e. The van der Waals surface area contributed by atoms with Crippen LogP contribution < -0.4 is 21.9 Å². The lowest BCUT2D eigenvalue weighted by atomic mass is 10.3. The van der Waals surface area contributed by atoms with Crippen molar-refractivity contribution in [1.82, 2.24) is 19.7 Å². The standard InChI is InChI=1S/C18H24N6O4S/c1-3-4-7-24-15(19)14(16(25)20-18(24)26)23(8-9-27-2)11-13-21-22-17(28-13)12-6-5-10-29-12/h5-6,10H,3-4,7-9,11,19H2,1-2H3,(H,20,25,26). The summed E-state index contributed by atoms with van der Waals surface area (Å²) in [6.45, 7) is 3.29. The fraction of sp³-hybridized carbons (Fsp3) is 0.444. The molecule has 0 radical (unpaired) electrons. The third-order valence-electron chi connectivity index (χ3n) is 4.36. The number of methoxy groups -OCH3 is 1. The van der Waals surface area contributed by atoms with Gasteiger partial charge in [0.05, 0.1) is 18.0 Å². The quantitative estimate of drug-likeness (QED) is 0.506. The number of nitrogen functional groups attached to an aromatic ring is 1. The summed E-state index contributed by atoms with van der Waals surface area (Å²) in [6.07, 6.45) is 1.66. The molecular weight excluding hydrogens is 396 g/mol. The fourth-order valence-corrected chi connectivity index (χ4v) is 3.52. The Labute approximate surface area is 170 Å². The van der Waals surface area contributed by atoms with E-state index in [0.717, 1.165) is 17.7 Å². The lowest BCUT2D eigenvalue weighted by Gasteiger charge is -2.24. The zero-order valence-electron chi connectivity index (χ0n) is 16.4. The second-order valence-corrected chi connectivity index (χ2v) is 7.34. The van der Waals surface area contributed by atoms with Gasteiger partial charge in [-0.2, -0.15) is 0 Å². The van der Waals surface area contributed by atoms with Gasteiger partial charge in [0.15, 0.2) is 0 Å². The molecule has 0 aliphatic rings. The molecule has 3 heterocycles. The van der Waals surface area contributed by atoms with Crippen LogP contribution in [-0.2, 0) is 17.8 Å². The van der Waals surface area contributed by atoms with E-state index in [2.05, 4.69) is 15.2 Å². The summed E-state index contributed by atoms with van der Waals surface area (Å²) in [5.41, 5.74) is 5.34. The molecule has 0 fully saturated rings. The average Bonchev–Trinajstić information content (AvgIpc) is 3.37. The number of thiophene rings is 1. The smallest absolute Gasteiger partial charge is 0.330 e. The third kappa shape index (κ3) is 4.74. The number of H-pyrrole nitrogens is 1. The van der Waals surface area contributed by atoms with E-state index >= 15 is 0 Å². The lowest BCUT2D eigenvalue weighted by Crippen LogP contribution is -2.39. The lowest BCUT2D eigenvalue weighted by molar-refractivity contribution is 0.204. The molecule has 11 heteroatoms. The number of nitrogens with two attached hydrogens (primary N) is 1. The van der Waals surface area contributed by atoms with Crippen molar-refractivity contribution < 1.29 is 9.15 Å². The van der Waals surface area contributed by atoms with E-state index in [4.69, 9.17) is 14.9 Å². The number of aromatic amines is 1. The van der Waals surface area contributed by atoms with Crippen molar-refractivity contribution in [2.75, 3.05) is 30.9 Å². The number of aromatic nitrogens is 4. The highest BCUT2D eigenvalue weighted by Crippen LogP contribution is 2.24. The van der Waals surface area contributed by atoms with Gasteiger partial charge >= 0.3 is 5.69 Å². The van der Waals surface area contributed by atoms with Crippen LogP contribution in [0.25, 0.3) is 10.8 Å². The minimum atomic E-state index is -0.561. The van der Waals surface area contributed by atoms with Gasteiger partial charge in [0, 0.05) is 20.2 Å². The van der Waals surface area contributed by atoms with Crippen molar-refractivity contribution in [2.24, 2.45) is 0 Å². The first kappa shape index (κ1) is 20.8. The molecule has 0 atom stereocenters. The van der Waals surface area contributed by atoms with Gasteiger partial charge in [-0.15, -0.1) is 21.5 Å². The molecule has 0 amide bonds. The topological polar surface area (TPSA) is 132 Å². The second kappa shape index (κ2) is 9.52. The molecule has 0 spiro atoms. The summed E-state index contributed by atoms with van der Waals surface area (Å²) in [5.74, 6) is 0.854. The highest BCUT2D eigenvalue weighted by molar-refractivity contribution is 7.13. The van der Waals surface area contributed by atoms with E-state index in [0.29, 0.717) is 31.5 Å². The van der Waals surface area contributed by atoms with Crippen LogP contribution in [0.3, 0.4) is 0 Å². The first-order valence-corrected chi connectivity index (χ1v) is 10.2. The van der Waals surface area contributed by atoms with Crippen LogP contribution in [0.4, 0.5) is 11.5 Å². The molecule has 3 aromatic heterocycles. The Hall–Kier alpha value is -2.92. The summed E-state index contributed by atoms with van der Waals surface area (Å²) < 4.78 is 12.3. The maximum atomic E-state index is 12.6. The zero-order valence-corrected chi connectivity index (χ0v) is 17.2. The summed E-state index contributed by atoms with van der Waals surface area (Å²) in [6, 6.07) is 3.78. The van der Waals surface area contributed by atoms with Crippen LogP contribution in [0, 0.1) is 0 Å². The molecule has 3 rings (SSSR count). The van der Waals surface area contributed by atoms with Gasteiger partial charge in [-0.25, -0.2) is 4.79 Å². The molecule has 29 heavy (non-hydrogen) atoms. The van der Waals surface area contributed by atoms with Gasteiger partial charge in [-0.1, -0.05) is 19.4 Å². The fourth-order valence-electron chi connectivity index (χ4n) is 2.87. The minimum Gasteiger partial charge on any atom is -0.418 e. The number of anilines is 2. The second-order valence-electron chi connectivity index (χ2n) is 6.39. The Bertz CT molecular complexity index is 1040. The monoisotopic (exact) mass is 420 g/mol. The Balaban J connectivity index is 1.94. The van der Waals surface area contributed by atoms with Crippen molar-refractivity contribution in [3.05, 3.63) is 44.2 Å². The number of nitrogens with zero attached hydrogens (tertiary/aromatic N) is 4. The molecule has 156 valence electrons. The molecule has 0 saturated heterocycles. The summed E-state index contributed by atoms with van der Waals surface area (Å²) >= 11 is 1.49. The Morgan fingerprint density at radius 1 is 1.38 bits per heavy atom. The molecule has 3 N–H and O–H groups in total. The van der Waals surface area contributed by atoms with Crippen LogP contribution in [0.1, 0.15) is 25.7 Å². The SMILES string of the molecule is CCCCn1c(N)c(N(CCOC)Cc2nnc(-c3cccs3)o2)c(=O)[nH]c1=O. The van der Waals surface area contributed by atoms with Crippen LogP contribution in [0.5, 0.6) is 0 Å². The van der Waals surface area contributed by atoms with E-state index in [-0.39, 0.29) is 18.1 Å². The number of unbranched alkanes of at least 4 members (excludes halogenated alkanes) is 1. The van der Waals surface area contributed by atoms with E-state index in [1.165, 1.54) is 15.9 Å². The Morgan fingerprint density at radius 3 is 2.90 bits per heavy atom. The van der Waals surface area contributed by atoms with Crippen LogP contribution in [-0.4, -0.2) is 40.0 Å². The Morgan fingerprint density at radius 2 is 2.21 bits per heavy atom.